The molecule has 0 unspecified atom stereocenters. The Morgan fingerprint density at radius 1 is 1.12 bits per heavy atom. The number of ketones is 1. The first-order chi connectivity index (χ1) is 11.2. The van der Waals surface area contributed by atoms with Gasteiger partial charge in [0.05, 0.1) is 4.90 Å². The summed E-state index contributed by atoms with van der Waals surface area (Å²) < 4.78 is 46.8. The highest BCUT2D eigenvalue weighted by Gasteiger charge is 2.42. The zero-order chi connectivity index (χ0) is 18.0. The van der Waals surface area contributed by atoms with Gasteiger partial charge in [0, 0.05) is 6.61 Å². The molecule has 1 aliphatic carbocycles. The molecule has 0 heterocycles. The van der Waals surface area contributed by atoms with Gasteiger partial charge in [-0.1, -0.05) is 6.92 Å². The molecule has 0 spiro atoms. The number of sulfonamides is 1. The van der Waals surface area contributed by atoms with Crippen molar-refractivity contribution in [1.82, 2.24) is 4.72 Å². The number of allylic oxidation sites excluding steroid dienone is 2. The average molecular weight is 353 g/mol. The minimum Gasteiger partial charge on any atom is -0.352 e. The van der Waals surface area contributed by atoms with E-state index in [0.717, 1.165) is 12.1 Å². The number of hydrogen-bond acceptors (Lipinski definition) is 4. The predicted octanol–water partition coefficient (Wildman–Crippen LogP) is 2.70. The summed E-state index contributed by atoms with van der Waals surface area (Å²) in [6.07, 6.45) is 3.36. The Morgan fingerprint density at radius 2 is 1.67 bits per heavy atom. The Morgan fingerprint density at radius 3 is 2.17 bits per heavy atom. The minimum absolute atomic E-state index is 0.0825. The van der Waals surface area contributed by atoms with Gasteiger partial charge >= 0.3 is 0 Å². The van der Waals surface area contributed by atoms with E-state index in [-0.39, 0.29) is 10.7 Å². The number of ether oxygens (including phenoxy) is 1. The average Bonchev–Trinajstić information content (AvgIpc) is 2.50. The Hall–Kier alpha value is -1.83. The number of benzene rings is 1. The molecule has 1 aromatic carbocycles. The van der Waals surface area contributed by atoms with Crippen molar-refractivity contribution in [3.05, 3.63) is 53.4 Å². The number of nitrogens with one attached hydrogen (secondary N) is 1. The summed E-state index contributed by atoms with van der Waals surface area (Å²) in [6, 6.07) is 4.50. The summed E-state index contributed by atoms with van der Waals surface area (Å²) in [4.78, 5) is 11.6. The van der Waals surface area contributed by atoms with E-state index < -0.39 is 21.6 Å². The molecule has 7 heteroatoms. The van der Waals surface area contributed by atoms with Gasteiger partial charge in [0.1, 0.15) is 5.82 Å². The van der Waals surface area contributed by atoms with Gasteiger partial charge in [-0.15, -0.1) is 0 Å². The molecule has 0 saturated heterocycles. The largest absolute Gasteiger partial charge is 0.352 e. The molecule has 1 aliphatic rings. The fourth-order valence-corrected chi connectivity index (χ4v) is 3.89. The van der Waals surface area contributed by atoms with Gasteiger partial charge in [-0.05, 0) is 67.8 Å². The molecule has 1 aromatic rings. The van der Waals surface area contributed by atoms with Crippen molar-refractivity contribution < 1.29 is 22.3 Å². The molecule has 1 N–H and O–H groups in total. The monoisotopic (exact) mass is 353 g/mol. The zero-order valence-electron chi connectivity index (χ0n) is 13.8. The third kappa shape index (κ3) is 3.63. The van der Waals surface area contributed by atoms with Gasteiger partial charge in [0.15, 0.2) is 11.5 Å². The first kappa shape index (κ1) is 18.5. The molecule has 0 aromatic heterocycles. The van der Waals surface area contributed by atoms with Crippen molar-refractivity contribution in [2.24, 2.45) is 0 Å². The standard InChI is InChI=1S/C17H20FNO4S/c1-4-9-23-17(12(2)10-15(20)11-13(17)3)19-24(21,22)16-7-5-14(18)6-8-16/h5-8,10-11,19H,4,9H2,1-3H3. The van der Waals surface area contributed by atoms with Gasteiger partial charge in [0.2, 0.25) is 10.0 Å². The summed E-state index contributed by atoms with van der Waals surface area (Å²) in [7, 11) is -3.98. The van der Waals surface area contributed by atoms with Crippen LogP contribution in [0.3, 0.4) is 0 Å². The third-order valence-electron chi connectivity index (χ3n) is 3.75. The predicted molar refractivity (Wildman–Crippen MR) is 88.2 cm³/mol. The molecule has 0 bridgehead atoms. The summed E-state index contributed by atoms with van der Waals surface area (Å²) in [6.45, 7) is 5.47. The number of hydrogen-bond donors (Lipinski definition) is 1. The molecular weight excluding hydrogens is 333 g/mol. The molecular formula is C17H20FNO4S. The smallest absolute Gasteiger partial charge is 0.243 e. The van der Waals surface area contributed by atoms with Crippen LogP contribution in [-0.2, 0) is 19.6 Å². The van der Waals surface area contributed by atoms with Crippen LogP contribution in [-0.4, -0.2) is 26.5 Å². The number of halogens is 1. The minimum atomic E-state index is -3.98. The van der Waals surface area contributed by atoms with Gasteiger partial charge in [-0.2, -0.15) is 4.72 Å². The zero-order valence-corrected chi connectivity index (χ0v) is 14.6. The van der Waals surface area contributed by atoms with Crippen LogP contribution in [0.1, 0.15) is 27.2 Å². The van der Waals surface area contributed by atoms with Gasteiger partial charge < -0.3 is 4.74 Å². The van der Waals surface area contributed by atoms with Crippen LogP contribution in [0.5, 0.6) is 0 Å². The molecule has 0 fully saturated rings. The quantitative estimate of drug-likeness (QED) is 0.798. The molecule has 0 atom stereocenters. The lowest BCUT2D eigenvalue weighted by atomic mass is 9.90. The Bertz CT molecular complexity index is 772. The summed E-state index contributed by atoms with van der Waals surface area (Å²) in [5, 5.41) is 0. The van der Waals surface area contributed by atoms with Crippen molar-refractivity contribution in [2.45, 2.75) is 37.8 Å². The maximum Gasteiger partial charge on any atom is 0.243 e. The van der Waals surface area contributed by atoms with Crippen molar-refractivity contribution >= 4 is 15.8 Å². The summed E-state index contributed by atoms with van der Waals surface area (Å²) >= 11 is 0. The van der Waals surface area contributed by atoms with Crippen LogP contribution < -0.4 is 4.72 Å². The second-order valence-corrected chi connectivity index (χ2v) is 7.33. The molecule has 130 valence electrons. The summed E-state index contributed by atoms with van der Waals surface area (Å²) in [5.41, 5.74) is -0.518. The van der Waals surface area contributed by atoms with Crippen LogP contribution in [0, 0.1) is 5.82 Å². The van der Waals surface area contributed by atoms with E-state index in [4.69, 9.17) is 4.74 Å². The van der Waals surface area contributed by atoms with Crippen LogP contribution in [0.4, 0.5) is 4.39 Å². The maximum atomic E-state index is 13.0. The van der Waals surface area contributed by atoms with Crippen molar-refractivity contribution in [1.29, 1.82) is 0 Å². The SMILES string of the molecule is CCCOC1(NS(=O)(=O)c2ccc(F)cc2)C(C)=CC(=O)C=C1C. The van der Waals surface area contributed by atoms with Crippen LogP contribution in [0.15, 0.2) is 52.5 Å². The first-order valence-corrected chi connectivity index (χ1v) is 9.04. The fraction of sp³-hybridized carbons (Fsp3) is 0.353. The number of carbonyl (C=O) groups excluding carboxylic acids is 1. The lowest BCUT2D eigenvalue weighted by Crippen LogP contribution is -2.53. The first-order valence-electron chi connectivity index (χ1n) is 7.56. The highest BCUT2D eigenvalue weighted by molar-refractivity contribution is 7.89. The van der Waals surface area contributed by atoms with Gasteiger partial charge in [-0.25, -0.2) is 12.8 Å². The molecule has 0 saturated carbocycles. The molecule has 0 aliphatic heterocycles. The van der Waals surface area contributed by atoms with Crippen LogP contribution in [0.2, 0.25) is 0 Å². The van der Waals surface area contributed by atoms with E-state index in [2.05, 4.69) is 4.72 Å². The van der Waals surface area contributed by atoms with Crippen molar-refractivity contribution in [3.8, 4) is 0 Å². The molecule has 0 amide bonds. The second-order valence-electron chi connectivity index (χ2n) is 5.65. The Balaban J connectivity index is 2.46. The maximum absolute atomic E-state index is 13.0. The Kier molecular flexibility index (Phi) is 5.37. The second kappa shape index (κ2) is 6.96. The van der Waals surface area contributed by atoms with Gasteiger partial charge in [0.25, 0.3) is 0 Å². The van der Waals surface area contributed by atoms with Gasteiger partial charge in [-0.3, -0.25) is 4.79 Å². The number of rotatable bonds is 6. The summed E-state index contributed by atoms with van der Waals surface area (Å²) in [5.74, 6) is -0.747. The van der Waals surface area contributed by atoms with E-state index in [1.165, 1.54) is 24.3 Å². The van der Waals surface area contributed by atoms with E-state index in [0.29, 0.717) is 24.2 Å². The highest BCUT2D eigenvalue weighted by atomic mass is 32.2. The number of carbonyl (C=O) groups is 1. The van der Waals surface area contributed by atoms with E-state index in [1.807, 2.05) is 6.92 Å². The molecule has 24 heavy (non-hydrogen) atoms. The van der Waals surface area contributed by atoms with Crippen LogP contribution in [0.25, 0.3) is 0 Å². The molecule has 2 rings (SSSR count). The lowest BCUT2D eigenvalue weighted by molar-refractivity contribution is -0.111. The van der Waals surface area contributed by atoms with Crippen molar-refractivity contribution in [3.63, 3.8) is 0 Å². The topological polar surface area (TPSA) is 72.5 Å². The van der Waals surface area contributed by atoms with E-state index >= 15 is 0 Å². The molecule has 5 nitrogen and oxygen atoms in total. The van der Waals surface area contributed by atoms with E-state index in [1.54, 1.807) is 13.8 Å². The van der Waals surface area contributed by atoms with E-state index in [9.17, 15) is 17.6 Å². The normalized spacial score (nSPS) is 17.4. The highest BCUT2D eigenvalue weighted by Crippen LogP contribution is 2.32. The Labute approximate surface area is 141 Å². The fourth-order valence-electron chi connectivity index (χ4n) is 2.52. The lowest BCUT2D eigenvalue weighted by Gasteiger charge is -2.38. The third-order valence-corrected chi connectivity index (χ3v) is 5.20. The molecule has 0 radical (unpaired) electrons. The van der Waals surface area contributed by atoms with Crippen molar-refractivity contribution in [2.75, 3.05) is 6.61 Å². The van der Waals surface area contributed by atoms with Crippen LogP contribution >= 0.6 is 0 Å².